The standard InChI is InChI=1S/C25H22N4O/c1-16-12-18(3)20(13-17(16)2)15-27-29-25(30)22-14-24(19-8-10-26-11-9-19)28-23-7-5-4-6-21(22)23/h4-15H,1-3H3,(H,29,30)/b27-15-. The van der Waals surface area contributed by atoms with Crippen LogP contribution in [0.25, 0.3) is 22.2 Å². The number of rotatable bonds is 4. The molecule has 2 aromatic heterocycles. The third-order valence-corrected chi connectivity index (χ3v) is 5.19. The number of benzene rings is 2. The highest BCUT2D eigenvalue weighted by Gasteiger charge is 2.13. The Hall–Kier alpha value is -3.86. The molecule has 0 spiro atoms. The molecule has 0 aliphatic rings. The first-order chi connectivity index (χ1) is 14.5. The van der Waals surface area contributed by atoms with Crippen molar-refractivity contribution in [3.8, 4) is 11.3 Å². The van der Waals surface area contributed by atoms with Crippen LogP contribution in [0.5, 0.6) is 0 Å². The number of amides is 1. The average molecular weight is 394 g/mol. The van der Waals surface area contributed by atoms with Gasteiger partial charge in [0.05, 0.1) is 23.0 Å². The molecule has 0 aliphatic heterocycles. The van der Waals surface area contributed by atoms with Gasteiger partial charge in [0, 0.05) is 23.3 Å². The molecule has 4 aromatic rings. The maximum Gasteiger partial charge on any atom is 0.272 e. The zero-order valence-corrected chi connectivity index (χ0v) is 17.2. The maximum absolute atomic E-state index is 13.0. The van der Waals surface area contributed by atoms with E-state index in [0.29, 0.717) is 5.56 Å². The van der Waals surface area contributed by atoms with E-state index < -0.39 is 0 Å². The number of aryl methyl sites for hydroxylation is 3. The van der Waals surface area contributed by atoms with Crippen molar-refractivity contribution in [1.29, 1.82) is 0 Å². The Morgan fingerprint density at radius 1 is 0.933 bits per heavy atom. The highest BCUT2D eigenvalue weighted by Crippen LogP contribution is 2.24. The molecule has 1 amide bonds. The van der Waals surface area contributed by atoms with Crippen molar-refractivity contribution in [3.63, 3.8) is 0 Å². The van der Waals surface area contributed by atoms with Gasteiger partial charge in [0.1, 0.15) is 0 Å². The third kappa shape index (κ3) is 3.96. The lowest BCUT2D eigenvalue weighted by molar-refractivity contribution is 0.0956. The van der Waals surface area contributed by atoms with Gasteiger partial charge in [-0.1, -0.05) is 24.3 Å². The molecule has 2 aromatic carbocycles. The van der Waals surface area contributed by atoms with Crippen molar-refractivity contribution in [2.45, 2.75) is 20.8 Å². The molecule has 148 valence electrons. The summed E-state index contributed by atoms with van der Waals surface area (Å²) in [6.07, 6.45) is 5.11. The lowest BCUT2D eigenvalue weighted by Gasteiger charge is -2.09. The third-order valence-electron chi connectivity index (χ3n) is 5.19. The zero-order chi connectivity index (χ0) is 21.1. The number of hydrazone groups is 1. The lowest BCUT2D eigenvalue weighted by atomic mass is 10.0. The molecule has 5 nitrogen and oxygen atoms in total. The Balaban J connectivity index is 1.67. The Morgan fingerprint density at radius 2 is 1.67 bits per heavy atom. The second-order valence-electron chi connectivity index (χ2n) is 7.30. The molecule has 0 radical (unpaired) electrons. The van der Waals surface area contributed by atoms with Crippen LogP contribution < -0.4 is 5.43 Å². The predicted octanol–water partition coefficient (Wildman–Crippen LogP) is 4.99. The first-order valence-corrected chi connectivity index (χ1v) is 9.74. The number of nitrogens with zero attached hydrogens (tertiary/aromatic N) is 3. The summed E-state index contributed by atoms with van der Waals surface area (Å²) in [6, 6.07) is 17.3. The van der Waals surface area contributed by atoms with Crippen LogP contribution in [0.4, 0.5) is 0 Å². The zero-order valence-electron chi connectivity index (χ0n) is 17.2. The number of carbonyl (C=O) groups is 1. The highest BCUT2D eigenvalue weighted by molar-refractivity contribution is 6.07. The molecule has 5 heteroatoms. The highest BCUT2D eigenvalue weighted by atomic mass is 16.2. The van der Waals surface area contributed by atoms with Gasteiger partial charge < -0.3 is 0 Å². The number of para-hydroxylation sites is 1. The second kappa shape index (κ2) is 8.25. The fourth-order valence-corrected chi connectivity index (χ4v) is 3.38. The summed E-state index contributed by atoms with van der Waals surface area (Å²) < 4.78 is 0. The Labute approximate surface area is 175 Å². The van der Waals surface area contributed by atoms with Gasteiger partial charge in [-0.2, -0.15) is 5.10 Å². The van der Waals surface area contributed by atoms with Crippen LogP contribution in [0.3, 0.4) is 0 Å². The van der Waals surface area contributed by atoms with Gasteiger partial charge in [0.2, 0.25) is 0 Å². The van der Waals surface area contributed by atoms with Crippen LogP contribution in [0.2, 0.25) is 0 Å². The molecule has 0 saturated carbocycles. The first-order valence-electron chi connectivity index (χ1n) is 9.74. The normalized spacial score (nSPS) is 11.2. The van der Waals surface area contributed by atoms with Crippen LogP contribution in [-0.4, -0.2) is 22.1 Å². The van der Waals surface area contributed by atoms with Crippen molar-refractivity contribution >= 4 is 23.0 Å². The number of pyridine rings is 2. The number of aromatic nitrogens is 2. The number of hydrogen-bond donors (Lipinski definition) is 1. The minimum absolute atomic E-state index is 0.276. The number of nitrogens with one attached hydrogen (secondary N) is 1. The largest absolute Gasteiger partial charge is 0.272 e. The van der Waals surface area contributed by atoms with Gasteiger partial charge in [-0.15, -0.1) is 0 Å². The topological polar surface area (TPSA) is 67.2 Å². The van der Waals surface area contributed by atoms with Crippen molar-refractivity contribution < 1.29 is 4.79 Å². The fourth-order valence-electron chi connectivity index (χ4n) is 3.38. The second-order valence-corrected chi connectivity index (χ2v) is 7.30. The summed E-state index contributed by atoms with van der Waals surface area (Å²) in [6.45, 7) is 6.18. The van der Waals surface area contributed by atoms with E-state index in [-0.39, 0.29) is 5.91 Å². The van der Waals surface area contributed by atoms with E-state index in [0.717, 1.165) is 33.3 Å². The predicted molar refractivity (Wildman–Crippen MR) is 121 cm³/mol. The number of carbonyl (C=O) groups excluding carboxylic acids is 1. The summed E-state index contributed by atoms with van der Waals surface area (Å²) in [5, 5.41) is 4.99. The Kier molecular flexibility index (Phi) is 5.35. The molecule has 0 saturated heterocycles. The first kappa shape index (κ1) is 19.5. The quantitative estimate of drug-likeness (QED) is 0.392. The van der Waals surface area contributed by atoms with Gasteiger partial charge in [-0.3, -0.25) is 9.78 Å². The lowest BCUT2D eigenvalue weighted by Crippen LogP contribution is -2.18. The SMILES string of the molecule is Cc1cc(C)c(/C=N\NC(=O)c2cc(-c3ccncc3)nc3ccccc23)cc1C. The average Bonchev–Trinajstić information content (AvgIpc) is 2.77. The van der Waals surface area contributed by atoms with Gasteiger partial charge in [0.25, 0.3) is 5.91 Å². The van der Waals surface area contributed by atoms with Crippen LogP contribution >= 0.6 is 0 Å². The number of fused-ring (bicyclic) bond motifs is 1. The molecule has 0 fully saturated rings. The summed E-state index contributed by atoms with van der Waals surface area (Å²) in [4.78, 5) is 21.7. The van der Waals surface area contributed by atoms with E-state index in [1.165, 1.54) is 11.1 Å². The molecule has 2 heterocycles. The van der Waals surface area contributed by atoms with E-state index in [1.807, 2.05) is 43.3 Å². The summed E-state index contributed by atoms with van der Waals surface area (Å²) in [7, 11) is 0. The molecule has 0 atom stereocenters. The molecule has 0 aliphatic carbocycles. The minimum Gasteiger partial charge on any atom is -0.267 e. The van der Waals surface area contributed by atoms with E-state index in [2.05, 4.69) is 41.5 Å². The Bertz CT molecular complexity index is 1260. The Morgan fingerprint density at radius 3 is 2.47 bits per heavy atom. The van der Waals surface area contributed by atoms with Gasteiger partial charge in [-0.25, -0.2) is 10.4 Å². The van der Waals surface area contributed by atoms with Gasteiger partial charge in [-0.05, 0) is 73.4 Å². The van der Waals surface area contributed by atoms with E-state index in [1.54, 1.807) is 24.7 Å². The van der Waals surface area contributed by atoms with Crippen LogP contribution in [0.1, 0.15) is 32.6 Å². The van der Waals surface area contributed by atoms with Crippen molar-refractivity contribution in [1.82, 2.24) is 15.4 Å². The molecular weight excluding hydrogens is 372 g/mol. The van der Waals surface area contributed by atoms with Crippen molar-refractivity contribution in [3.05, 3.63) is 94.8 Å². The van der Waals surface area contributed by atoms with E-state index in [4.69, 9.17) is 4.98 Å². The molecule has 30 heavy (non-hydrogen) atoms. The molecule has 0 unspecified atom stereocenters. The summed E-state index contributed by atoms with van der Waals surface area (Å²) >= 11 is 0. The minimum atomic E-state index is -0.276. The monoisotopic (exact) mass is 394 g/mol. The smallest absolute Gasteiger partial charge is 0.267 e. The summed E-state index contributed by atoms with van der Waals surface area (Å²) in [5.74, 6) is -0.276. The maximum atomic E-state index is 13.0. The van der Waals surface area contributed by atoms with Gasteiger partial charge in [0.15, 0.2) is 0 Å². The molecule has 1 N–H and O–H groups in total. The van der Waals surface area contributed by atoms with Crippen LogP contribution in [-0.2, 0) is 0 Å². The van der Waals surface area contributed by atoms with Crippen molar-refractivity contribution in [2.24, 2.45) is 5.10 Å². The molecule has 4 rings (SSSR count). The van der Waals surface area contributed by atoms with E-state index in [9.17, 15) is 4.79 Å². The summed E-state index contributed by atoms with van der Waals surface area (Å²) in [5.41, 5.74) is 10.1. The fraction of sp³-hybridized carbons (Fsp3) is 0.120. The number of hydrogen-bond acceptors (Lipinski definition) is 4. The molecular formula is C25H22N4O. The van der Waals surface area contributed by atoms with Crippen LogP contribution in [0, 0.1) is 20.8 Å². The van der Waals surface area contributed by atoms with E-state index >= 15 is 0 Å². The van der Waals surface area contributed by atoms with Crippen LogP contribution in [0.15, 0.2) is 72.1 Å². The molecule has 0 bridgehead atoms. The van der Waals surface area contributed by atoms with Gasteiger partial charge >= 0.3 is 0 Å². The van der Waals surface area contributed by atoms with Crippen molar-refractivity contribution in [2.75, 3.05) is 0 Å².